The van der Waals surface area contributed by atoms with Crippen molar-refractivity contribution in [2.24, 2.45) is 5.92 Å². The summed E-state index contributed by atoms with van der Waals surface area (Å²) < 4.78 is 0. The number of ketones is 1. The summed E-state index contributed by atoms with van der Waals surface area (Å²) in [6, 6.07) is 14.0. The SMILES string of the molecule is C=CC(=O)Nc1cc(-c2ccc3c(/C(NCC(C)C)=C(\C)C(C)=O)c(C)ccc3n2)ccc1C. The van der Waals surface area contributed by atoms with Crippen LogP contribution in [0, 0.1) is 19.8 Å². The summed E-state index contributed by atoms with van der Waals surface area (Å²) >= 11 is 0. The lowest BCUT2D eigenvalue weighted by Crippen LogP contribution is -2.21. The van der Waals surface area contributed by atoms with Gasteiger partial charge in [0.25, 0.3) is 0 Å². The standard InChI is InChI=1S/C29H33N3O2/c1-8-27(34)32-26-15-22(11-9-18(26)4)24-14-12-23-25(31-24)13-10-19(5)28(23)29(20(6)21(7)33)30-16-17(2)3/h8-15,17,30H,1,16H2,2-7H3,(H,32,34)/b29-20-. The Labute approximate surface area is 202 Å². The van der Waals surface area contributed by atoms with Gasteiger partial charge in [-0.1, -0.05) is 38.6 Å². The van der Waals surface area contributed by atoms with Crippen LogP contribution in [0.1, 0.15) is 44.4 Å². The Morgan fingerprint density at radius 2 is 1.74 bits per heavy atom. The number of aryl methyl sites for hydroxylation is 2. The first kappa shape index (κ1) is 24.9. The second-order valence-electron chi connectivity index (χ2n) is 9.07. The molecule has 0 aliphatic heterocycles. The Morgan fingerprint density at radius 1 is 1.03 bits per heavy atom. The molecule has 1 amide bonds. The van der Waals surface area contributed by atoms with Crippen molar-refractivity contribution in [3.63, 3.8) is 0 Å². The van der Waals surface area contributed by atoms with E-state index >= 15 is 0 Å². The molecule has 34 heavy (non-hydrogen) atoms. The van der Waals surface area contributed by atoms with Gasteiger partial charge in [0.2, 0.25) is 5.91 Å². The van der Waals surface area contributed by atoms with E-state index in [4.69, 9.17) is 4.98 Å². The van der Waals surface area contributed by atoms with E-state index in [0.29, 0.717) is 11.5 Å². The van der Waals surface area contributed by atoms with Gasteiger partial charge in [-0.3, -0.25) is 9.59 Å². The molecular formula is C29H33N3O2. The Kier molecular flexibility index (Phi) is 7.67. The first-order chi connectivity index (χ1) is 16.1. The molecule has 0 saturated heterocycles. The van der Waals surface area contributed by atoms with Crippen LogP contribution in [0.4, 0.5) is 5.69 Å². The van der Waals surface area contributed by atoms with Crippen molar-refractivity contribution in [3.8, 4) is 11.3 Å². The normalized spacial score (nSPS) is 11.9. The third-order valence-electron chi connectivity index (χ3n) is 5.90. The van der Waals surface area contributed by atoms with Crippen molar-refractivity contribution < 1.29 is 9.59 Å². The van der Waals surface area contributed by atoms with E-state index in [1.165, 1.54) is 6.08 Å². The van der Waals surface area contributed by atoms with Crippen molar-refractivity contribution in [1.29, 1.82) is 0 Å². The minimum Gasteiger partial charge on any atom is -0.384 e. The van der Waals surface area contributed by atoms with E-state index in [1.807, 2.05) is 50.2 Å². The summed E-state index contributed by atoms with van der Waals surface area (Å²) in [7, 11) is 0. The molecule has 0 aliphatic carbocycles. The zero-order valence-electron chi connectivity index (χ0n) is 20.9. The van der Waals surface area contributed by atoms with Crippen LogP contribution in [-0.4, -0.2) is 23.2 Å². The second kappa shape index (κ2) is 10.5. The molecule has 0 aliphatic rings. The predicted octanol–water partition coefficient (Wildman–Crippen LogP) is 6.21. The first-order valence-corrected chi connectivity index (χ1v) is 11.5. The number of carbonyl (C=O) groups excluding carboxylic acids is 2. The summed E-state index contributed by atoms with van der Waals surface area (Å²) in [6.07, 6.45) is 1.26. The maximum Gasteiger partial charge on any atom is 0.247 e. The number of rotatable bonds is 8. The number of hydrogen-bond donors (Lipinski definition) is 2. The number of anilines is 1. The van der Waals surface area contributed by atoms with E-state index in [2.05, 4.69) is 44.1 Å². The number of amides is 1. The van der Waals surface area contributed by atoms with Crippen LogP contribution in [0.5, 0.6) is 0 Å². The molecule has 0 bridgehead atoms. The smallest absolute Gasteiger partial charge is 0.247 e. The number of nitrogens with zero attached hydrogens (tertiary/aromatic N) is 1. The van der Waals surface area contributed by atoms with Gasteiger partial charge in [0, 0.05) is 40.0 Å². The quantitative estimate of drug-likeness (QED) is 0.396. The lowest BCUT2D eigenvalue weighted by molar-refractivity contribution is -0.113. The number of fused-ring (bicyclic) bond motifs is 1. The van der Waals surface area contributed by atoms with E-state index in [-0.39, 0.29) is 11.7 Å². The molecule has 2 aromatic carbocycles. The van der Waals surface area contributed by atoms with E-state index in [9.17, 15) is 9.59 Å². The summed E-state index contributed by atoms with van der Waals surface area (Å²) in [5, 5.41) is 7.36. The Morgan fingerprint density at radius 3 is 2.38 bits per heavy atom. The zero-order chi connectivity index (χ0) is 25.0. The molecule has 0 radical (unpaired) electrons. The zero-order valence-corrected chi connectivity index (χ0v) is 20.9. The van der Waals surface area contributed by atoms with Crippen molar-refractivity contribution in [2.45, 2.75) is 41.5 Å². The molecule has 3 aromatic rings. The monoisotopic (exact) mass is 455 g/mol. The second-order valence-corrected chi connectivity index (χ2v) is 9.07. The maximum atomic E-state index is 12.3. The number of carbonyl (C=O) groups is 2. The van der Waals surface area contributed by atoms with Crippen LogP contribution in [-0.2, 0) is 9.59 Å². The highest BCUT2D eigenvalue weighted by Crippen LogP contribution is 2.32. The Bertz CT molecular complexity index is 1300. The Balaban J connectivity index is 2.14. The van der Waals surface area contributed by atoms with Gasteiger partial charge < -0.3 is 10.6 Å². The number of nitrogens with one attached hydrogen (secondary N) is 2. The molecule has 3 rings (SSSR count). The number of hydrogen-bond acceptors (Lipinski definition) is 4. The fourth-order valence-electron chi connectivity index (χ4n) is 3.80. The third-order valence-corrected chi connectivity index (χ3v) is 5.90. The highest BCUT2D eigenvalue weighted by Gasteiger charge is 2.17. The van der Waals surface area contributed by atoms with E-state index in [0.717, 1.165) is 56.8 Å². The van der Waals surface area contributed by atoms with Gasteiger partial charge in [-0.25, -0.2) is 4.98 Å². The molecule has 0 atom stereocenters. The summed E-state index contributed by atoms with van der Waals surface area (Å²) in [5.74, 6) is 0.231. The predicted molar refractivity (Wildman–Crippen MR) is 142 cm³/mol. The summed E-state index contributed by atoms with van der Waals surface area (Å²) in [5.41, 5.74) is 7.91. The van der Waals surface area contributed by atoms with Gasteiger partial charge in [0.1, 0.15) is 0 Å². The maximum absolute atomic E-state index is 12.3. The molecule has 176 valence electrons. The third kappa shape index (κ3) is 5.42. The van der Waals surface area contributed by atoms with Gasteiger partial charge in [0.15, 0.2) is 5.78 Å². The van der Waals surface area contributed by atoms with Crippen LogP contribution >= 0.6 is 0 Å². The molecule has 1 aromatic heterocycles. The summed E-state index contributed by atoms with van der Waals surface area (Å²) in [6.45, 7) is 16.1. The average molecular weight is 456 g/mol. The number of pyridine rings is 1. The van der Waals surface area contributed by atoms with Crippen LogP contribution < -0.4 is 10.6 Å². The van der Waals surface area contributed by atoms with Gasteiger partial charge in [-0.15, -0.1) is 0 Å². The van der Waals surface area contributed by atoms with E-state index < -0.39 is 0 Å². The minimum absolute atomic E-state index is 0.0426. The van der Waals surface area contributed by atoms with Crippen LogP contribution in [0.3, 0.4) is 0 Å². The van der Waals surface area contributed by atoms with Crippen molar-refractivity contribution in [1.82, 2.24) is 10.3 Å². The Hall–Kier alpha value is -3.73. The van der Waals surface area contributed by atoms with Gasteiger partial charge in [0.05, 0.1) is 11.2 Å². The first-order valence-electron chi connectivity index (χ1n) is 11.5. The summed E-state index contributed by atoms with van der Waals surface area (Å²) in [4.78, 5) is 29.0. The molecule has 0 fully saturated rings. The highest BCUT2D eigenvalue weighted by molar-refractivity contribution is 6.04. The van der Waals surface area contributed by atoms with Gasteiger partial charge in [-0.05, 0) is 75.1 Å². The molecule has 5 heteroatoms. The molecule has 0 unspecified atom stereocenters. The average Bonchev–Trinajstić information content (AvgIpc) is 2.80. The van der Waals surface area contributed by atoms with Gasteiger partial charge >= 0.3 is 0 Å². The van der Waals surface area contributed by atoms with Crippen molar-refractivity contribution >= 4 is 34.0 Å². The molecule has 5 nitrogen and oxygen atoms in total. The van der Waals surface area contributed by atoms with Crippen LogP contribution in [0.2, 0.25) is 0 Å². The van der Waals surface area contributed by atoms with Crippen LogP contribution in [0.25, 0.3) is 27.9 Å². The van der Waals surface area contributed by atoms with Crippen molar-refractivity contribution in [2.75, 3.05) is 11.9 Å². The number of benzene rings is 2. The van der Waals surface area contributed by atoms with Gasteiger partial charge in [-0.2, -0.15) is 0 Å². The molecule has 0 spiro atoms. The lowest BCUT2D eigenvalue weighted by Gasteiger charge is -2.20. The highest BCUT2D eigenvalue weighted by atomic mass is 16.1. The molecule has 2 N–H and O–H groups in total. The topological polar surface area (TPSA) is 71.1 Å². The van der Waals surface area contributed by atoms with E-state index in [1.54, 1.807) is 6.92 Å². The number of aromatic nitrogens is 1. The fourth-order valence-corrected chi connectivity index (χ4v) is 3.80. The molecular weight excluding hydrogens is 422 g/mol. The molecule has 0 saturated carbocycles. The van der Waals surface area contributed by atoms with Crippen molar-refractivity contribution in [3.05, 3.63) is 77.4 Å². The van der Waals surface area contributed by atoms with Crippen LogP contribution in [0.15, 0.2) is 60.7 Å². The fraction of sp³-hybridized carbons (Fsp3) is 0.276. The minimum atomic E-state index is -0.249. The number of Topliss-reactive ketones (excluding diaryl/α,β-unsaturated/α-hetero) is 1. The number of allylic oxidation sites excluding steroid dienone is 1. The lowest BCUT2D eigenvalue weighted by atomic mass is 9.95. The largest absolute Gasteiger partial charge is 0.384 e. The molecule has 1 heterocycles.